The van der Waals surface area contributed by atoms with Crippen molar-refractivity contribution in [1.29, 1.82) is 0 Å². The van der Waals surface area contributed by atoms with Crippen LogP contribution in [-0.4, -0.2) is 16.8 Å². The zero-order valence-corrected chi connectivity index (χ0v) is 13.8. The molecule has 1 amide bonds. The second kappa shape index (κ2) is 6.52. The largest absolute Gasteiger partial charge is 0.337 e. The Labute approximate surface area is 144 Å². The highest BCUT2D eigenvalue weighted by Gasteiger charge is 2.13. The number of hydrogen-bond acceptors (Lipinski definition) is 2. The quantitative estimate of drug-likeness (QED) is 0.678. The fraction of sp³-hybridized carbons (Fsp3) is 0.0588. The molecule has 0 spiro atoms. The molecule has 0 bridgehead atoms. The topological polar surface area (TPSA) is 51.1 Å². The number of halogens is 3. The van der Waals surface area contributed by atoms with Crippen molar-refractivity contribution < 1.29 is 18.4 Å². The number of benzene rings is 2. The van der Waals surface area contributed by atoms with Gasteiger partial charge in [-0.15, -0.1) is 0 Å². The number of nitrogens with one attached hydrogen (secondary N) is 1. The van der Waals surface area contributed by atoms with Crippen LogP contribution in [0.5, 0.6) is 0 Å². The van der Waals surface area contributed by atoms with Gasteiger partial charge in [0.05, 0.1) is 5.69 Å². The lowest BCUT2D eigenvalue weighted by atomic mass is 10.2. The van der Waals surface area contributed by atoms with Gasteiger partial charge in [-0.3, -0.25) is 9.59 Å². The van der Waals surface area contributed by atoms with Gasteiger partial charge in [-0.05, 0) is 30.3 Å². The van der Waals surface area contributed by atoms with Gasteiger partial charge in [0.2, 0.25) is 5.91 Å². The van der Waals surface area contributed by atoms with Gasteiger partial charge in [-0.25, -0.2) is 8.78 Å². The number of carbonyl (C=O) groups is 2. The van der Waals surface area contributed by atoms with Crippen LogP contribution in [0.4, 0.5) is 14.5 Å². The van der Waals surface area contributed by atoms with Crippen LogP contribution in [0.15, 0.2) is 47.1 Å². The third-order valence-electron chi connectivity index (χ3n) is 3.52. The standard InChI is InChI=1S/C17H11BrF2N2O2/c18-11-1-4-16-13(5-11)10(9-23)7-22(16)8-17(24)21-15-3-2-12(19)6-14(15)20/h1-7,9H,8H2,(H,21,24). The Morgan fingerprint density at radius 2 is 2.00 bits per heavy atom. The summed E-state index contributed by atoms with van der Waals surface area (Å²) in [4.78, 5) is 23.3. The van der Waals surface area contributed by atoms with Gasteiger partial charge < -0.3 is 9.88 Å². The van der Waals surface area contributed by atoms with E-state index >= 15 is 0 Å². The molecule has 4 nitrogen and oxygen atoms in total. The maximum Gasteiger partial charge on any atom is 0.244 e. The molecule has 0 saturated carbocycles. The summed E-state index contributed by atoms with van der Waals surface area (Å²) in [5, 5.41) is 3.10. The maximum absolute atomic E-state index is 13.6. The second-order valence-corrected chi connectivity index (χ2v) is 6.08. The minimum Gasteiger partial charge on any atom is -0.337 e. The van der Waals surface area contributed by atoms with E-state index in [1.807, 2.05) is 0 Å². The first-order valence-electron chi connectivity index (χ1n) is 6.96. The summed E-state index contributed by atoms with van der Waals surface area (Å²) in [5.41, 5.74) is 1.05. The van der Waals surface area contributed by atoms with Gasteiger partial charge in [0.1, 0.15) is 18.2 Å². The zero-order chi connectivity index (χ0) is 17.3. The maximum atomic E-state index is 13.6. The molecule has 7 heteroatoms. The number of rotatable bonds is 4. The van der Waals surface area contributed by atoms with Gasteiger partial charge in [0.25, 0.3) is 0 Å². The van der Waals surface area contributed by atoms with Crippen LogP contribution in [0.1, 0.15) is 10.4 Å². The van der Waals surface area contributed by atoms with Crippen molar-refractivity contribution >= 4 is 44.7 Å². The lowest BCUT2D eigenvalue weighted by Gasteiger charge is -2.08. The van der Waals surface area contributed by atoms with Gasteiger partial charge in [-0.1, -0.05) is 15.9 Å². The summed E-state index contributed by atoms with van der Waals surface area (Å²) >= 11 is 3.34. The average molecular weight is 393 g/mol. The lowest BCUT2D eigenvalue weighted by Crippen LogP contribution is -2.19. The zero-order valence-electron chi connectivity index (χ0n) is 12.2. The van der Waals surface area contributed by atoms with E-state index in [0.29, 0.717) is 28.8 Å². The SMILES string of the molecule is O=Cc1cn(CC(=O)Nc2ccc(F)cc2F)c2ccc(Br)cc12. The first kappa shape index (κ1) is 16.3. The molecule has 3 aromatic rings. The van der Waals surface area contributed by atoms with Crippen molar-refractivity contribution in [1.82, 2.24) is 4.57 Å². The molecule has 0 saturated heterocycles. The van der Waals surface area contributed by atoms with Crippen molar-refractivity contribution in [3.8, 4) is 0 Å². The Hall–Kier alpha value is -2.54. The van der Waals surface area contributed by atoms with E-state index in [2.05, 4.69) is 21.2 Å². The fourth-order valence-electron chi connectivity index (χ4n) is 2.46. The summed E-state index contributed by atoms with van der Waals surface area (Å²) in [6.07, 6.45) is 2.27. The highest BCUT2D eigenvalue weighted by Crippen LogP contribution is 2.24. The molecule has 1 aromatic heterocycles. The van der Waals surface area contributed by atoms with Crippen molar-refractivity contribution in [3.63, 3.8) is 0 Å². The minimum atomic E-state index is -0.849. The Morgan fingerprint density at radius 1 is 1.21 bits per heavy atom. The normalized spacial score (nSPS) is 10.8. The van der Waals surface area contributed by atoms with Crippen LogP contribution < -0.4 is 5.32 Å². The van der Waals surface area contributed by atoms with Crippen molar-refractivity contribution in [2.24, 2.45) is 0 Å². The molecule has 1 heterocycles. The Balaban J connectivity index is 1.86. The number of anilines is 1. The van der Waals surface area contributed by atoms with Gasteiger partial charge in [0.15, 0.2) is 6.29 Å². The molecule has 24 heavy (non-hydrogen) atoms. The van der Waals surface area contributed by atoms with E-state index < -0.39 is 17.5 Å². The number of hydrogen-bond donors (Lipinski definition) is 1. The highest BCUT2D eigenvalue weighted by molar-refractivity contribution is 9.10. The van der Waals surface area contributed by atoms with E-state index in [1.165, 1.54) is 0 Å². The summed E-state index contributed by atoms with van der Waals surface area (Å²) in [6, 6.07) is 8.27. The van der Waals surface area contributed by atoms with E-state index in [1.54, 1.807) is 29.0 Å². The van der Waals surface area contributed by atoms with E-state index in [4.69, 9.17) is 0 Å². The lowest BCUT2D eigenvalue weighted by molar-refractivity contribution is -0.116. The number of aldehydes is 1. The van der Waals surface area contributed by atoms with Crippen LogP contribution in [-0.2, 0) is 11.3 Å². The number of aromatic nitrogens is 1. The van der Waals surface area contributed by atoms with Crippen LogP contribution in [0.2, 0.25) is 0 Å². The monoisotopic (exact) mass is 392 g/mol. The number of carbonyl (C=O) groups excluding carboxylic acids is 2. The first-order chi connectivity index (χ1) is 11.5. The number of nitrogens with zero attached hydrogens (tertiary/aromatic N) is 1. The number of fused-ring (bicyclic) bond motifs is 1. The Kier molecular flexibility index (Phi) is 4.44. The van der Waals surface area contributed by atoms with Crippen molar-refractivity contribution in [2.45, 2.75) is 6.54 Å². The Bertz CT molecular complexity index is 953. The first-order valence-corrected chi connectivity index (χ1v) is 7.75. The van der Waals surface area contributed by atoms with Crippen molar-refractivity contribution in [2.75, 3.05) is 5.32 Å². The molecule has 0 fully saturated rings. The molecular weight excluding hydrogens is 382 g/mol. The Morgan fingerprint density at radius 3 is 2.71 bits per heavy atom. The van der Waals surface area contributed by atoms with E-state index in [-0.39, 0.29) is 12.2 Å². The summed E-state index contributed by atoms with van der Waals surface area (Å²) in [7, 11) is 0. The van der Waals surface area contributed by atoms with Crippen LogP contribution in [0.25, 0.3) is 10.9 Å². The molecule has 3 rings (SSSR count). The van der Waals surface area contributed by atoms with Gasteiger partial charge >= 0.3 is 0 Å². The molecule has 0 aliphatic carbocycles. The van der Waals surface area contributed by atoms with E-state index in [0.717, 1.165) is 16.6 Å². The number of amides is 1. The highest BCUT2D eigenvalue weighted by atomic mass is 79.9. The summed E-state index contributed by atoms with van der Waals surface area (Å²) in [6.45, 7) is -0.108. The van der Waals surface area contributed by atoms with Crippen molar-refractivity contribution in [3.05, 3.63) is 64.3 Å². The average Bonchev–Trinajstić information content (AvgIpc) is 2.87. The molecule has 0 atom stereocenters. The predicted octanol–water partition coefficient (Wildman–Crippen LogP) is 4.13. The second-order valence-electron chi connectivity index (χ2n) is 5.16. The predicted molar refractivity (Wildman–Crippen MR) is 90.0 cm³/mol. The van der Waals surface area contributed by atoms with Crippen LogP contribution in [0.3, 0.4) is 0 Å². The minimum absolute atomic E-state index is 0.101. The summed E-state index contributed by atoms with van der Waals surface area (Å²) < 4.78 is 28.9. The third kappa shape index (κ3) is 3.21. The van der Waals surface area contributed by atoms with Gasteiger partial charge in [-0.2, -0.15) is 0 Å². The third-order valence-corrected chi connectivity index (χ3v) is 4.01. The molecule has 0 unspecified atom stereocenters. The van der Waals surface area contributed by atoms with Crippen LogP contribution >= 0.6 is 15.9 Å². The molecule has 2 aromatic carbocycles. The molecule has 0 aliphatic rings. The van der Waals surface area contributed by atoms with Crippen LogP contribution in [0, 0.1) is 11.6 Å². The van der Waals surface area contributed by atoms with E-state index in [9.17, 15) is 18.4 Å². The summed E-state index contributed by atoms with van der Waals surface area (Å²) in [5.74, 6) is -2.06. The molecule has 1 N–H and O–H groups in total. The molecular formula is C17H11BrF2N2O2. The molecule has 0 aliphatic heterocycles. The molecule has 122 valence electrons. The smallest absolute Gasteiger partial charge is 0.244 e. The van der Waals surface area contributed by atoms with Gasteiger partial charge in [0, 0.05) is 33.2 Å². The fourth-order valence-corrected chi connectivity index (χ4v) is 2.82. The molecule has 0 radical (unpaired) electrons.